The van der Waals surface area contributed by atoms with E-state index in [-0.39, 0.29) is 24.2 Å². The monoisotopic (exact) mass is 266 g/mol. The van der Waals surface area contributed by atoms with E-state index in [1.165, 1.54) is 0 Å². The molecule has 2 heterocycles. The van der Waals surface area contributed by atoms with Crippen molar-refractivity contribution >= 4 is 17.6 Å². The third kappa shape index (κ3) is 2.18. The average Bonchev–Trinajstić information content (AvgIpc) is 2.38. The molecule has 5 heteroatoms. The zero-order valence-electron chi connectivity index (χ0n) is 9.86. The Morgan fingerprint density at radius 2 is 2.00 bits per heavy atom. The summed E-state index contributed by atoms with van der Waals surface area (Å²) in [4.78, 5) is 11.6. The van der Waals surface area contributed by atoms with Crippen molar-refractivity contribution in [3.8, 4) is 0 Å². The third-order valence-corrected chi connectivity index (χ3v) is 3.84. The van der Waals surface area contributed by atoms with Crippen molar-refractivity contribution in [2.75, 3.05) is 6.61 Å². The maximum atomic E-state index is 11.6. The fourth-order valence-electron chi connectivity index (χ4n) is 2.71. The van der Waals surface area contributed by atoms with Crippen molar-refractivity contribution < 1.29 is 9.53 Å². The molecule has 2 saturated heterocycles. The molecule has 0 bridgehead atoms. The molecule has 2 aliphatic heterocycles. The summed E-state index contributed by atoms with van der Waals surface area (Å²) in [6, 6.07) is 7.46. The fourth-order valence-corrected chi connectivity index (χ4v) is 2.84. The van der Waals surface area contributed by atoms with Crippen molar-refractivity contribution in [2.45, 2.75) is 25.1 Å². The van der Waals surface area contributed by atoms with E-state index in [1.807, 2.05) is 24.3 Å². The summed E-state index contributed by atoms with van der Waals surface area (Å²) in [5, 5.41) is 6.51. The lowest BCUT2D eigenvalue weighted by atomic mass is 9.85. The first kappa shape index (κ1) is 11.8. The highest BCUT2D eigenvalue weighted by Crippen LogP contribution is 2.34. The number of hydrogen-bond acceptors (Lipinski definition) is 2. The molecular weight excluding hydrogens is 252 g/mol. The summed E-state index contributed by atoms with van der Waals surface area (Å²) < 4.78 is 5.63. The lowest BCUT2D eigenvalue weighted by Crippen LogP contribution is -2.58. The molecule has 0 aliphatic carbocycles. The van der Waals surface area contributed by atoms with Crippen LogP contribution in [0.3, 0.4) is 0 Å². The fraction of sp³-hybridized carbons (Fsp3) is 0.462. The largest absolute Gasteiger partial charge is 0.358 e. The van der Waals surface area contributed by atoms with Gasteiger partial charge in [0.1, 0.15) is 6.23 Å². The first-order chi connectivity index (χ1) is 8.74. The minimum absolute atomic E-state index is 0.00122. The van der Waals surface area contributed by atoms with Gasteiger partial charge in [-0.15, -0.1) is 0 Å². The Morgan fingerprint density at radius 1 is 1.22 bits per heavy atom. The number of benzene rings is 1. The molecule has 0 saturated carbocycles. The number of urea groups is 1. The van der Waals surface area contributed by atoms with E-state index in [2.05, 4.69) is 10.6 Å². The molecular formula is C13H15ClN2O2. The number of rotatable bonds is 1. The number of carbonyl (C=O) groups is 1. The van der Waals surface area contributed by atoms with Gasteiger partial charge in [0.2, 0.25) is 0 Å². The Labute approximate surface area is 111 Å². The minimum atomic E-state index is -0.173. The van der Waals surface area contributed by atoms with Crippen LogP contribution in [-0.2, 0) is 4.74 Å². The minimum Gasteiger partial charge on any atom is -0.358 e. The first-order valence-corrected chi connectivity index (χ1v) is 6.56. The Kier molecular flexibility index (Phi) is 3.14. The van der Waals surface area contributed by atoms with Gasteiger partial charge in [-0.2, -0.15) is 0 Å². The van der Waals surface area contributed by atoms with Crippen LogP contribution in [0.15, 0.2) is 24.3 Å². The summed E-state index contributed by atoms with van der Waals surface area (Å²) in [5.74, 6) is 0.276. The molecule has 0 spiro atoms. The number of fused-ring (bicyclic) bond motifs is 1. The number of hydrogen-bond donors (Lipinski definition) is 2. The van der Waals surface area contributed by atoms with E-state index in [0.29, 0.717) is 5.02 Å². The second-order valence-electron chi connectivity index (χ2n) is 4.74. The highest BCUT2D eigenvalue weighted by atomic mass is 35.5. The highest BCUT2D eigenvalue weighted by Gasteiger charge is 2.39. The molecule has 3 rings (SSSR count). The van der Waals surface area contributed by atoms with Crippen molar-refractivity contribution in [2.24, 2.45) is 5.92 Å². The van der Waals surface area contributed by atoms with E-state index < -0.39 is 0 Å². The van der Waals surface area contributed by atoms with Crippen LogP contribution in [0, 0.1) is 5.92 Å². The summed E-state index contributed by atoms with van der Waals surface area (Å²) in [6.07, 6.45) is 1.90. The van der Waals surface area contributed by atoms with Gasteiger partial charge in [0.15, 0.2) is 0 Å². The van der Waals surface area contributed by atoms with Crippen molar-refractivity contribution in [1.29, 1.82) is 0 Å². The molecule has 1 aromatic carbocycles. The zero-order valence-corrected chi connectivity index (χ0v) is 10.6. The third-order valence-electron chi connectivity index (χ3n) is 3.59. The molecule has 3 atom stereocenters. The molecule has 0 radical (unpaired) electrons. The van der Waals surface area contributed by atoms with Crippen LogP contribution in [0.25, 0.3) is 0 Å². The van der Waals surface area contributed by atoms with Crippen LogP contribution in [0.1, 0.15) is 24.4 Å². The summed E-state index contributed by atoms with van der Waals surface area (Å²) in [5.41, 5.74) is 1.08. The second kappa shape index (κ2) is 4.78. The van der Waals surface area contributed by atoms with E-state index >= 15 is 0 Å². The van der Waals surface area contributed by atoms with E-state index in [9.17, 15) is 4.79 Å². The van der Waals surface area contributed by atoms with Gasteiger partial charge in [0.05, 0.1) is 6.04 Å². The van der Waals surface area contributed by atoms with Crippen LogP contribution in [0.4, 0.5) is 4.79 Å². The standard InChI is InChI=1S/C13H15ClN2O2/c14-9-5-3-8(4-6-9)11-10-2-1-7-18-12(10)16-13(17)15-11/h3-6,10-12H,1-2,7H2,(H2,15,16,17). The van der Waals surface area contributed by atoms with Gasteiger partial charge in [-0.3, -0.25) is 0 Å². The van der Waals surface area contributed by atoms with Crippen LogP contribution < -0.4 is 10.6 Å². The molecule has 1 aromatic rings. The highest BCUT2D eigenvalue weighted by molar-refractivity contribution is 6.30. The Bertz CT molecular complexity index is 449. The number of carbonyl (C=O) groups excluding carboxylic acids is 1. The van der Waals surface area contributed by atoms with E-state index in [1.54, 1.807) is 0 Å². The second-order valence-corrected chi connectivity index (χ2v) is 5.18. The van der Waals surface area contributed by atoms with Gasteiger partial charge in [0.25, 0.3) is 0 Å². The maximum absolute atomic E-state index is 11.6. The van der Waals surface area contributed by atoms with Crippen molar-refractivity contribution in [3.05, 3.63) is 34.9 Å². The van der Waals surface area contributed by atoms with Gasteiger partial charge in [-0.05, 0) is 30.5 Å². The van der Waals surface area contributed by atoms with Gasteiger partial charge in [-0.1, -0.05) is 23.7 Å². The van der Waals surface area contributed by atoms with Crippen LogP contribution in [-0.4, -0.2) is 18.9 Å². The molecule has 2 fully saturated rings. The molecule has 96 valence electrons. The first-order valence-electron chi connectivity index (χ1n) is 6.18. The number of amides is 2. The quantitative estimate of drug-likeness (QED) is 0.820. The molecule has 3 unspecified atom stereocenters. The van der Waals surface area contributed by atoms with Crippen LogP contribution in [0.5, 0.6) is 0 Å². The average molecular weight is 267 g/mol. The van der Waals surface area contributed by atoms with E-state index in [4.69, 9.17) is 16.3 Å². The van der Waals surface area contributed by atoms with Crippen molar-refractivity contribution in [3.63, 3.8) is 0 Å². The van der Waals surface area contributed by atoms with E-state index in [0.717, 1.165) is 25.0 Å². The summed E-state index contributed by atoms with van der Waals surface area (Å²) in [6.45, 7) is 0.717. The molecule has 0 aromatic heterocycles. The zero-order chi connectivity index (χ0) is 12.5. The van der Waals surface area contributed by atoms with Gasteiger partial charge < -0.3 is 15.4 Å². The Hall–Kier alpha value is -1.26. The number of ether oxygens (including phenoxy) is 1. The van der Waals surface area contributed by atoms with Crippen LogP contribution in [0.2, 0.25) is 5.02 Å². The number of nitrogens with one attached hydrogen (secondary N) is 2. The molecule has 18 heavy (non-hydrogen) atoms. The normalized spacial score (nSPS) is 31.2. The lowest BCUT2D eigenvalue weighted by molar-refractivity contribution is -0.0602. The Balaban J connectivity index is 1.88. The smallest absolute Gasteiger partial charge is 0.317 e. The van der Waals surface area contributed by atoms with Gasteiger partial charge in [0, 0.05) is 17.5 Å². The summed E-state index contributed by atoms with van der Waals surface area (Å²) >= 11 is 5.89. The lowest BCUT2D eigenvalue weighted by Gasteiger charge is -2.41. The van der Waals surface area contributed by atoms with Gasteiger partial charge in [-0.25, -0.2) is 4.79 Å². The molecule has 2 amide bonds. The topological polar surface area (TPSA) is 50.4 Å². The molecule has 2 N–H and O–H groups in total. The van der Waals surface area contributed by atoms with Gasteiger partial charge >= 0.3 is 6.03 Å². The Morgan fingerprint density at radius 3 is 2.78 bits per heavy atom. The number of halogens is 1. The predicted octanol–water partition coefficient (Wildman–Crippen LogP) is 2.45. The molecule has 2 aliphatic rings. The van der Waals surface area contributed by atoms with Crippen molar-refractivity contribution in [1.82, 2.24) is 10.6 Å². The maximum Gasteiger partial charge on any atom is 0.317 e. The van der Waals surface area contributed by atoms with Crippen LogP contribution >= 0.6 is 11.6 Å². The summed E-state index contributed by atoms with van der Waals surface area (Å²) in [7, 11) is 0. The predicted molar refractivity (Wildman–Crippen MR) is 68.3 cm³/mol. The molecule has 4 nitrogen and oxygen atoms in total. The SMILES string of the molecule is O=C1NC2OCCCC2C(c2ccc(Cl)cc2)N1.